The first kappa shape index (κ1) is 8.34. The van der Waals surface area contributed by atoms with Gasteiger partial charge in [0.1, 0.15) is 6.17 Å². The molecule has 0 aromatic heterocycles. The summed E-state index contributed by atoms with van der Waals surface area (Å²) in [5.41, 5.74) is 0. The quantitative estimate of drug-likeness (QED) is 0.666. The number of hydrogen-bond donors (Lipinski definition) is 1. The van der Waals surface area contributed by atoms with Gasteiger partial charge in [-0.05, 0) is 24.9 Å². The lowest BCUT2D eigenvalue weighted by molar-refractivity contribution is 0.0619. The predicted octanol–water partition coefficient (Wildman–Crippen LogP) is 1.46. The van der Waals surface area contributed by atoms with Gasteiger partial charge in [0.2, 0.25) is 0 Å². The third-order valence-corrected chi connectivity index (χ3v) is 3.06. The maximum Gasteiger partial charge on any atom is 0.129 e. The van der Waals surface area contributed by atoms with Crippen molar-refractivity contribution in [1.82, 2.24) is 0 Å². The van der Waals surface area contributed by atoms with Gasteiger partial charge in [0, 0.05) is 5.92 Å². The normalized spacial score (nSPS) is 32.1. The number of rotatable bonds is 2. The van der Waals surface area contributed by atoms with Crippen LogP contribution < -0.4 is 0 Å². The Morgan fingerprint density at radius 2 is 2.40 bits per heavy atom. The van der Waals surface area contributed by atoms with Gasteiger partial charge in [-0.25, -0.2) is 4.39 Å². The lowest BCUT2D eigenvalue weighted by Gasteiger charge is -2.16. The Morgan fingerprint density at radius 3 is 2.80 bits per heavy atom. The molecule has 0 radical (unpaired) electrons. The zero-order valence-electron chi connectivity index (χ0n) is 6.09. The van der Waals surface area contributed by atoms with Crippen LogP contribution >= 0.6 is 11.8 Å². The van der Waals surface area contributed by atoms with Gasteiger partial charge in [-0.2, -0.15) is 11.8 Å². The summed E-state index contributed by atoms with van der Waals surface area (Å²) in [5.74, 6) is 2.04. The van der Waals surface area contributed by atoms with Gasteiger partial charge in [0.05, 0.1) is 6.10 Å². The molecule has 3 atom stereocenters. The van der Waals surface area contributed by atoms with Gasteiger partial charge >= 0.3 is 0 Å². The summed E-state index contributed by atoms with van der Waals surface area (Å²) >= 11 is 1.78. The SMILES string of the molecule is CC(O)C(F)C1CCSC1. The first-order chi connectivity index (χ1) is 4.72. The Balaban J connectivity index is 2.32. The van der Waals surface area contributed by atoms with E-state index in [0.29, 0.717) is 0 Å². The Labute approximate surface area is 65.0 Å². The Bertz CT molecular complexity index is 102. The van der Waals surface area contributed by atoms with Crippen molar-refractivity contribution >= 4 is 11.8 Å². The van der Waals surface area contributed by atoms with E-state index in [1.165, 1.54) is 6.92 Å². The van der Waals surface area contributed by atoms with Crippen molar-refractivity contribution in [2.24, 2.45) is 5.92 Å². The molecule has 0 bridgehead atoms. The molecule has 10 heavy (non-hydrogen) atoms. The molecule has 60 valence electrons. The number of alkyl halides is 1. The van der Waals surface area contributed by atoms with Crippen LogP contribution in [-0.4, -0.2) is 28.9 Å². The van der Waals surface area contributed by atoms with E-state index in [1.807, 2.05) is 0 Å². The second kappa shape index (κ2) is 3.58. The zero-order chi connectivity index (χ0) is 7.56. The molecule has 0 aromatic carbocycles. The van der Waals surface area contributed by atoms with E-state index in [2.05, 4.69) is 0 Å². The number of thioether (sulfide) groups is 1. The summed E-state index contributed by atoms with van der Waals surface area (Å²) in [6.07, 6.45) is -0.866. The minimum Gasteiger partial charge on any atom is -0.390 e. The van der Waals surface area contributed by atoms with E-state index < -0.39 is 12.3 Å². The van der Waals surface area contributed by atoms with Crippen molar-refractivity contribution in [3.05, 3.63) is 0 Å². The second-order valence-corrected chi connectivity index (χ2v) is 3.96. The number of hydrogen-bond acceptors (Lipinski definition) is 2. The van der Waals surface area contributed by atoms with Crippen molar-refractivity contribution in [1.29, 1.82) is 0 Å². The molecule has 1 fully saturated rings. The molecule has 3 unspecified atom stereocenters. The van der Waals surface area contributed by atoms with Crippen LogP contribution in [-0.2, 0) is 0 Å². The van der Waals surface area contributed by atoms with Crippen molar-refractivity contribution < 1.29 is 9.50 Å². The van der Waals surface area contributed by atoms with E-state index in [-0.39, 0.29) is 5.92 Å². The highest BCUT2D eigenvalue weighted by Gasteiger charge is 2.28. The first-order valence-electron chi connectivity index (χ1n) is 3.61. The van der Waals surface area contributed by atoms with Crippen LogP contribution in [0.15, 0.2) is 0 Å². The monoisotopic (exact) mass is 164 g/mol. The highest BCUT2D eigenvalue weighted by molar-refractivity contribution is 7.99. The van der Waals surface area contributed by atoms with Crippen LogP contribution in [0, 0.1) is 5.92 Å². The zero-order valence-corrected chi connectivity index (χ0v) is 6.90. The number of aliphatic hydroxyl groups is 1. The van der Waals surface area contributed by atoms with E-state index in [4.69, 9.17) is 5.11 Å². The first-order valence-corrected chi connectivity index (χ1v) is 4.77. The average Bonchev–Trinajstić information content (AvgIpc) is 2.36. The Morgan fingerprint density at radius 1 is 1.70 bits per heavy atom. The standard InChI is InChI=1S/C7H13FOS/c1-5(9)7(8)6-2-3-10-4-6/h5-7,9H,2-4H2,1H3. The van der Waals surface area contributed by atoms with Gasteiger partial charge in [-0.15, -0.1) is 0 Å². The molecule has 0 aliphatic carbocycles. The van der Waals surface area contributed by atoms with Gasteiger partial charge < -0.3 is 5.11 Å². The maximum atomic E-state index is 13.0. The summed E-state index contributed by atoms with van der Waals surface area (Å²) < 4.78 is 13.0. The third-order valence-electron chi connectivity index (χ3n) is 1.88. The van der Waals surface area contributed by atoms with Crippen LogP contribution in [0.25, 0.3) is 0 Å². The smallest absolute Gasteiger partial charge is 0.129 e. The molecule has 1 saturated heterocycles. The topological polar surface area (TPSA) is 20.2 Å². The summed E-state index contributed by atoms with van der Waals surface area (Å²) in [7, 11) is 0. The number of aliphatic hydroxyl groups excluding tert-OH is 1. The largest absolute Gasteiger partial charge is 0.390 e. The molecule has 0 amide bonds. The molecule has 3 heteroatoms. The van der Waals surface area contributed by atoms with E-state index in [9.17, 15) is 4.39 Å². The van der Waals surface area contributed by atoms with Gasteiger partial charge in [-0.1, -0.05) is 0 Å². The third kappa shape index (κ3) is 1.86. The highest BCUT2D eigenvalue weighted by Crippen LogP contribution is 2.29. The summed E-state index contributed by atoms with van der Waals surface area (Å²) in [6.45, 7) is 1.52. The van der Waals surface area contributed by atoms with Crippen LogP contribution in [0.2, 0.25) is 0 Å². The Kier molecular flexibility index (Phi) is 2.98. The molecular weight excluding hydrogens is 151 g/mol. The van der Waals surface area contributed by atoms with Crippen molar-refractivity contribution in [3.8, 4) is 0 Å². The average molecular weight is 164 g/mol. The summed E-state index contributed by atoms with van der Waals surface area (Å²) in [5, 5.41) is 8.90. The molecule has 0 aromatic rings. The van der Waals surface area contributed by atoms with E-state index >= 15 is 0 Å². The van der Waals surface area contributed by atoms with Crippen molar-refractivity contribution in [3.63, 3.8) is 0 Å². The summed E-state index contributed by atoms with van der Waals surface area (Å²) in [6, 6.07) is 0. The van der Waals surface area contributed by atoms with Crippen molar-refractivity contribution in [2.75, 3.05) is 11.5 Å². The maximum absolute atomic E-state index is 13.0. The second-order valence-electron chi connectivity index (χ2n) is 2.81. The molecule has 1 nitrogen and oxygen atoms in total. The van der Waals surface area contributed by atoms with E-state index in [0.717, 1.165) is 17.9 Å². The fourth-order valence-corrected chi connectivity index (χ4v) is 2.49. The van der Waals surface area contributed by atoms with E-state index in [1.54, 1.807) is 11.8 Å². The molecule has 1 heterocycles. The van der Waals surface area contributed by atoms with Gasteiger partial charge in [-0.3, -0.25) is 0 Å². The fourth-order valence-electron chi connectivity index (χ4n) is 1.20. The summed E-state index contributed by atoms with van der Waals surface area (Å²) in [4.78, 5) is 0. The number of halogens is 1. The van der Waals surface area contributed by atoms with Crippen LogP contribution in [0.5, 0.6) is 0 Å². The predicted molar refractivity (Wildman–Crippen MR) is 42.0 cm³/mol. The van der Waals surface area contributed by atoms with Crippen LogP contribution in [0.4, 0.5) is 4.39 Å². The van der Waals surface area contributed by atoms with Gasteiger partial charge in [0.15, 0.2) is 0 Å². The molecule has 0 saturated carbocycles. The Hall–Kier alpha value is 0.240. The minimum atomic E-state index is -1.00. The van der Waals surface area contributed by atoms with Crippen LogP contribution in [0.1, 0.15) is 13.3 Å². The molecular formula is C7H13FOS. The fraction of sp³-hybridized carbons (Fsp3) is 1.00. The lowest BCUT2D eigenvalue weighted by atomic mass is 10.00. The van der Waals surface area contributed by atoms with Crippen LogP contribution in [0.3, 0.4) is 0 Å². The van der Waals surface area contributed by atoms with Gasteiger partial charge in [0.25, 0.3) is 0 Å². The minimum absolute atomic E-state index is 0.102. The molecule has 0 spiro atoms. The molecule has 1 N–H and O–H groups in total. The van der Waals surface area contributed by atoms with Crippen molar-refractivity contribution in [2.45, 2.75) is 25.6 Å². The molecule has 1 aliphatic rings. The highest BCUT2D eigenvalue weighted by atomic mass is 32.2. The molecule has 1 aliphatic heterocycles. The lowest BCUT2D eigenvalue weighted by Crippen LogP contribution is -2.26. The molecule has 1 rings (SSSR count).